The van der Waals surface area contributed by atoms with E-state index in [4.69, 9.17) is 0 Å². The Hall–Kier alpha value is -2.92. The van der Waals surface area contributed by atoms with Gasteiger partial charge in [0.05, 0.1) is 16.5 Å². The van der Waals surface area contributed by atoms with Crippen LogP contribution in [0.3, 0.4) is 0 Å². The van der Waals surface area contributed by atoms with Crippen molar-refractivity contribution in [1.82, 2.24) is 9.47 Å². The van der Waals surface area contributed by atoms with E-state index in [1.165, 1.54) is 11.1 Å². The molecule has 150 valence electrons. The summed E-state index contributed by atoms with van der Waals surface area (Å²) >= 11 is 0. The molecule has 1 aliphatic rings. The van der Waals surface area contributed by atoms with Crippen LogP contribution in [0.1, 0.15) is 54.6 Å². The van der Waals surface area contributed by atoms with Gasteiger partial charge in [0.25, 0.3) is 5.69 Å². The predicted molar refractivity (Wildman–Crippen MR) is 115 cm³/mol. The monoisotopic (exact) mass is 389 g/mol. The molecule has 1 atom stereocenters. The van der Waals surface area contributed by atoms with E-state index in [2.05, 4.69) is 59.8 Å². The van der Waals surface area contributed by atoms with Crippen molar-refractivity contribution in [3.8, 4) is 0 Å². The van der Waals surface area contributed by atoms with Gasteiger partial charge in [-0.15, -0.1) is 0 Å². The fourth-order valence-corrected chi connectivity index (χ4v) is 4.29. The van der Waals surface area contributed by atoms with Crippen molar-refractivity contribution in [2.75, 3.05) is 6.54 Å². The number of aryl methyl sites for hydroxylation is 1. The second kappa shape index (κ2) is 8.21. The molecule has 0 fully saturated rings. The Labute approximate surface area is 171 Å². The van der Waals surface area contributed by atoms with Crippen LogP contribution < -0.4 is 0 Å². The number of para-hydroxylation sites is 1. The van der Waals surface area contributed by atoms with Crippen LogP contribution in [-0.4, -0.2) is 20.9 Å². The molecule has 4 rings (SSSR count). The van der Waals surface area contributed by atoms with Crippen molar-refractivity contribution in [3.05, 3.63) is 99.4 Å². The number of nitrogens with zero attached hydrogens (tertiary/aromatic N) is 3. The van der Waals surface area contributed by atoms with Crippen LogP contribution in [-0.2, 0) is 13.1 Å². The molecular weight excluding hydrogens is 362 g/mol. The smallest absolute Gasteiger partial charge is 0.274 e. The first-order chi connectivity index (χ1) is 14.0. The summed E-state index contributed by atoms with van der Waals surface area (Å²) in [6.45, 7) is 6.98. The normalized spacial score (nSPS) is 17.1. The molecule has 29 heavy (non-hydrogen) atoms. The molecule has 1 aliphatic heterocycles. The zero-order chi connectivity index (χ0) is 20.4. The summed E-state index contributed by atoms with van der Waals surface area (Å²) in [5.74, 6) is 0.505. The fourth-order valence-electron chi connectivity index (χ4n) is 4.29. The van der Waals surface area contributed by atoms with Gasteiger partial charge in [-0.1, -0.05) is 56.3 Å². The van der Waals surface area contributed by atoms with Gasteiger partial charge in [-0.05, 0) is 35.6 Å². The third-order valence-corrected chi connectivity index (χ3v) is 5.81. The summed E-state index contributed by atoms with van der Waals surface area (Å²) in [7, 11) is 0. The Morgan fingerprint density at radius 1 is 1.03 bits per heavy atom. The van der Waals surface area contributed by atoms with Gasteiger partial charge in [-0.2, -0.15) is 0 Å². The van der Waals surface area contributed by atoms with Gasteiger partial charge in [-0.3, -0.25) is 15.0 Å². The second-order valence-corrected chi connectivity index (χ2v) is 8.07. The van der Waals surface area contributed by atoms with Gasteiger partial charge < -0.3 is 4.57 Å². The van der Waals surface area contributed by atoms with Crippen LogP contribution in [0.15, 0.2) is 66.9 Å². The first-order valence-electron chi connectivity index (χ1n) is 10.3. The highest BCUT2D eigenvalue weighted by molar-refractivity contribution is 5.46. The van der Waals surface area contributed by atoms with Crippen LogP contribution in [0, 0.1) is 10.1 Å². The van der Waals surface area contributed by atoms with E-state index in [0.29, 0.717) is 5.92 Å². The SMILES string of the molecule is CC(C)c1ccc(CN2CCCn3cccc3[C@@H]2c2ccccc2[N+](=O)[O-])cc1. The Morgan fingerprint density at radius 2 is 1.79 bits per heavy atom. The zero-order valence-corrected chi connectivity index (χ0v) is 17.0. The summed E-state index contributed by atoms with van der Waals surface area (Å²) in [4.78, 5) is 13.9. The summed E-state index contributed by atoms with van der Waals surface area (Å²) < 4.78 is 2.24. The third-order valence-electron chi connectivity index (χ3n) is 5.81. The molecule has 0 aliphatic carbocycles. The largest absolute Gasteiger partial charge is 0.350 e. The first-order valence-corrected chi connectivity index (χ1v) is 10.3. The Bertz CT molecular complexity index is 991. The maximum atomic E-state index is 11.7. The Kier molecular flexibility index (Phi) is 5.49. The fraction of sp³-hybridized carbons (Fsp3) is 0.333. The average Bonchev–Trinajstić information content (AvgIpc) is 3.10. The molecule has 3 aromatic rings. The van der Waals surface area contributed by atoms with Crippen molar-refractivity contribution in [2.45, 2.75) is 45.3 Å². The molecule has 5 heteroatoms. The number of fused-ring (bicyclic) bond motifs is 1. The molecule has 5 nitrogen and oxygen atoms in total. The number of benzene rings is 2. The van der Waals surface area contributed by atoms with Gasteiger partial charge >= 0.3 is 0 Å². The van der Waals surface area contributed by atoms with Crippen molar-refractivity contribution in [2.24, 2.45) is 0 Å². The van der Waals surface area contributed by atoms with E-state index in [1.807, 2.05) is 18.2 Å². The van der Waals surface area contributed by atoms with Crippen molar-refractivity contribution in [1.29, 1.82) is 0 Å². The maximum absolute atomic E-state index is 11.7. The standard InChI is InChI=1S/C24H27N3O2/c1-18(2)20-12-10-19(11-13-20)17-26-16-6-15-25-14-5-9-23(25)24(26)21-7-3-4-8-22(21)27(28)29/h3-5,7-14,18,24H,6,15-17H2,1-2H3/t24-/m0/s1. The Morgan fingerprint density at radius 3 is 2.52 bits per heavy atom. The number of nitro benzene ring substituents is 1. The minimum Gasteiger partial charge on any atom is -0.350 e. The lowest BCUT2D eigenvalue weighted by Gasteiger charge is -2.30. The topological polar surface area (TPSA) is 51.3 Å². The lowest BCUT2D eigenvalue weighted by atomic mass is 9.98. The van der Waals surface area contributed by atoms with E-state index >= 15 is 0 Å². The van der Waals surface area contributed by atoms with Gasteiger partial charge in [0, 0.05) is 37.6 Å². The molecular formula is C24H27N3O2. The summed E-state index contributed by atoms with van der Waals surface area (Å²) in [6.07, 6.45) is 3.10. The minimum absolute atomic E-state index is 0.140. The third kappa shape index (κ3) is 3.96. The van der Waals surface area contributed by atoms with Crippen molar-refractivity contribution < 1.29 is 4.92 Å². The predicted octanol–water partition coefficient (Wildman–Crippen LogP) is 5.52. The molecule has 2 heterocycles. The number of rotatable bonds is 5. The molecule has 0 saturated carbocycles. The minimum atomic E-state index is -0.261. The molecule has 0 amide bonds. The highest BCUT2D eigenvalue weighted by Crippen LogP contribution is 2.37. The van der Waals surface area contributed by atoms with Crippen LogP contribution in [0.5, 0.6) is 0 Å². The quantitative estimate of drug-likeness (QED) is 0.427. The molecule has 1 aromatic heterocycles. The van der Waals surface area contributed by atoms with E-state index in [1.54, 1.807) is 12.1 Å². The van der Waals surface area contributed by atoms with Crippen molar-refractivity contribution in [3.63, 3.8) is 0 Å². The summed E-state index contributed by atoms with van der Waals surface area (Å²) in [5, 5.41) is 11.7. The molecule has 0 bridgehead atoms. The second-order valence-electron chi connectivity index (χ2n) is 8.07. The van der Waals surface area contributed by atoms with E-state index in [9.17, 15) is 10.1 Å². The maximum Gasteiger partial charge on any atom is 0.274 e. The van der Waals surface area contributed by atoms with Gasteiger partial charge in [0.1, 0.15) is 0 Å². The number of hydrogen-bond donors (Lipinski definition) is 0. The van der Waals surface area contributed by atoms with Crippen LogP contribution in [0.2, 0.25) is 0 Å². The van der Waals surface area contributed by atoms with Crippen molar-refractivity contribution >= 4 is 5.69 Å². The molecule has 0 radical (unpaired) electrons. The van der Waals surface area contributed by atoms with Gasteiger partial charge in [0.15, 0.2) is 0 Å². The van der Waals surface area contributed by atoms with Crippen LogP contribution >= 0.6 is 0 Å². The van der Waals surface area contributed by atoms with E-state index in [-0.39, 0.29) is 16.7 Å². The number of aromatic nitrogens is 1. The molecule has 0 unspecified atom stereocenters. The van der Waals surface area contributed by atoms with Crippen LogP contribution in [0.25, 0.3) is 0 Å². The first kappa shape index (κ1) is 19.4. The van der Waals surface area contributed by atoms with Gasteiger partial charge in [-0.25, -0.2) is 0 Å². The Balaban J connectivity index is 1.74. The van der Waals surface area contributed by atoms with E-state index < -0.39 is 0 Å². The number of hydrogen-bond acceptors (Lipinski definition) is 3. The zero-order valence-electron chi connectivity index (χ0n) is 17.0. The highest BCUT2D eigenvalue weighted by atomic mass is 16.6. The summed E-state index contributed by atoms with van der Waals surface area (Å²) in [6, 6.07) is 19.9. The van der Waals surface area contributed by atoms with Crippen LogP contribution in [0.4, 0.5) is 5.69 Å². The average molecular weight is 389 g/mol. The highest BCUT2D eigenvalue weighted by Gasteiger charge is 2.32. The molecule has 2 aromatic carbocycles. The van der Waals surface area contributed by atoms with E-state index in [0.717, 1.165) is 37.3 Å². The molecule has 0 spiro atoms. The summed E-state index contributed by atoms with van der Waals surface area (Å²) in [5.41, 5.74) is 4.63. The lowest BCUT2D eigenvalue weighted by molar-refractivity contribution is -0.385. The molecule has 0 N–H and O–H groups in total. The molecule has 0 saturated heterocycles. The van der Waals surface area contributed by atoms with Gasteiger partial charge in [0.2, 0.25) is 0 Å². The number of nitro groups is 1. The lowest BCUT2D eigenvalue weighted by Crippen LogP contribution is -2.30.